The van der Waals surface area contributed by atoms with Crippen molar-refractivity contribution >= 4 is 34.3 Å². The molecule has 0 unspecified atom stereocenters. The molecule has 0 radical (unpaired) electrons. The lowest BCUT2D eigenvalue weighted by Gasteiger charge is -1.97. The Morgan fingerprint density at radius 1 is 1.44 bits per heavy atom. The van der Waals surface area contributed by atoms with Gasteiger partial charge in [0.15, 0.2) is 0 Å². The van der Waals surface area contributed by atoms with Crippen molar-refractivity contribution in [3.63, 3.8) is 0 Å². The van der Waals surface area contributed by atoms with Crippen LogP contribution >= 0.6 is 34.3 Å². The predicted molar refractivity (Wildman–Crippen MR) is 72.4 cm³/mol. The highest BCUT2D eigenvalue weighted by Gasteiger charge is 2.06. The van der Waals surface area contributed by atoms with Crippen LogP contribution < -0.4 is 5.32 Å². The van der Waals surface area contributed by atoms with Gasteiger partial charge in [0, 0.05) is 11.9 Å². The normalized spacial score (nSPS) is 10.9. The van der Waals surface area contributed by atoms with E-state index in [0.29, 0.717) is 0 Å². The van der Waals surface area contributed by atoms with E-state index in [1.165, 1.54) is 0 Å². The molecule has 2 aromatic rings. The summed E-state index contributed by atoms with van der Waals surface area (Å²) in [6.45, 7) is 4.05. The summed E-state index contributed by atoms with van der Waals surface area (Å²) in [4.78, 5) is 5.72. The SMILES string of the molecule is CCCNCc1csc(-c2ccc(Cl)s2)n1. The number of thiazole rings is 1. The molecule has 0 aromatic carbocycles. The fourth-order valence-electron chi connectivity index (χ4n) is 1.32. The maximum Gasteiger partial charge on any atom is 0.133 e. The van der Waals surface area contributed by atoms with Crippen molar-refractivity contribution in [1.82, 2.24) is 10.3 Å². The van der Waals surface area contributed by atoms with Crippen molar-refractivity contribution < 1.29 is 0 Å². The Bertz CT molecular complexity index is 450. The predicted octanol–water partition coefficient (Wildman–Crippen LogP) is 4.02. The lowest BCUT2D eigenvalue weighted by atomic mass is 10.4. The molecule has 0 aliphatic carbocycles. The van der Waals surface area contributed by atoms with E-state index in [0.717, 1.165) is 39.4 Å². The first-order chi connectivity index (χ1) is 7.79. The first kappa shape index (κ1) is 12.0. The molecule has 5 heteroatoms. The molecule has 0 saturated heterocycles. The summed E-state index contributed by atoms with van der Waals surface area (Å²) in [6.07, 6.45) is 1.15. The third kappa shape index (κ3) is 3.04. The minimum Gasteiger partial charge on any atom is -0.311 e. The second-order valence-electron chi connectivity index (χ2n) is 3.42. The van der Waals surface area contributed by atoms with Gasteiger partial charge in [-0.3, -0.25) is 0 Å². The Kier molecular flexibility index (Phi) is 4.35. The van der Waals surface area contributed by atoms with E-state index in [1.54, 1.807) is 22.7 Å². The van der Waals surface area contributed by atoms with Gasteiger partial charge in [-0.05, 0) is 25.1 Å². The van der Waals surface area contributed by atoms with Crippen LogP contribution in [0.2, 0.25) is 4.34 Å². The Hall–Kier alpha value is -0.420. The van der Waals surface area contributed by atoms with Crippen LogP contribution in [0.3, 0.4) is 0 Å². The molecule has 2 heterocycles. The highest BCUT2D eigenvalue weighted by atomic mass is 35.5. The van der Waals surface area contributed by atoms with Crippen LogP contribution in [0.25, 0.3) is 9.88 Å². The highest BCUT2D eigenvalue weighted by Crippen LogP contribution is 2.32. The minimum absolute atomic E-state index is 0.816. The molecule has 0 bridgehead atoms. The largest absolute Gasteiger partial charge is 0.311 e. The van der Waals surface area contributed by atoms with Crippen molar-refractivity contribution in [2.75, 3.05) is 6.54 Å². The van der Waals surface area contributed by atoms with Crippen molar-refractivity contribution in [2.45, 2.75) is 19.9 Å². The van der Waals surface area contributed by atoms with Crippen LogP contribution in [0.15, 0.2) is 17.5 Å². The van der Waals surface area contributed by atoms with Gasteiger partial charge in [-0.2, -0.15) is 0 Å². The summed E-state index contributed by atoms with van der Waals surface area (Å²) >= 11 is 9.15. The topological polar surface area (TPSA) is 24.9 Å². The quantitative estimate of drug-likeness (QED) is 0.832. The number of hydrogen-bond donors (Lipinski definition) is 1. The third-order valence-corrected chi connectivity index (χ3v) is 4.36. The molecule has 86 valence electrons. The summed E-state index contributed by atoms with van der Waals surface area (Å²) < 4.78 is 0.816. The molecule has 0 aliphatic rings. The Morgan fingerprint density at radius 3 is 3.00 bits per heavy atom. The van der Waals surface area contributed by atoms with E-state index >= 15 is 0 Å². The minimum atomic E-state index is 0.816. The van der Waals surface area contributed by atoms with Crippen LogP contribution in [-0.2, 0) is 6.54 Å². The van der Waals surface area contributed by atoms with Crippen LogP contribution in [0, 0.1) is 0 Å². The van der Waals surface area contributed by atoms with Crippen LogP contribution in [0.4, 0.5) is 0 Å². The smallest absolute Gasteiger partial charge is 0.133 e. The molecule has 0 aliphatic heterocycles. The van der Waals surface area contributed by atoms with Gasteiger partial charge in [0.05, 0.1) is 14.9 Å². The number of rotatable bonds is 5. The second kappa shape index (κ2) is 5.77. The second-order valence-corrected chi connectivity index (χ2v) is 6.00. The number of nitrogens with one attached hydrogen (secondary N) is 1. The summed E-state index contributed by atoms with van der Waals surface area (Å²) in [7, 11) is 0. The number of thiophene rings is 1. The number of hydrogen-bond acceptors (Lipinski definition) is 4. The fourth-order valence-corrected chi connectivity index (χ4v) is 3.26. The molecule has 0 spiro atoms. The number of halogens is 1. The van der Waals surface area contributed by atoms with Gasteiger partial charge in [-0.25, -0.2) is 4.98 Å². The van der Waals surface area contributed by atoms with Crippen LogP contribution in [0.1, 0.15) is 19.0 Å². The first-order valence-electron chi connectivity index (χ1n) is 5.20. The van der Waals surface area contributed by atoms with Crippen molar-refractivity contribution in [3.05, 3.63) is 27.5 Å². The van der Waals surface area contributed by atoms with E-state index in [-0.39, 0.29) is 0 Å². The molecular formula is C11H13ClN2S2. The molecular weight excluding hydrogens is 260 g/mol. The van der Waals surface area contributed by atoms with E-state index < -0.39 is 0 Å². The van der Waals surface area contributed by atoms with E-state index in [1.807, 2.05) is 12.1 Å². The van der Waals surface area contributed by atoms with Gasteiger partial charge in [0.2, 0.25) is 0 Å². The van der Waals surface area contributed by atoms with Gasteiger partial charge < -0.3 is 5.32 Å². The van der Waals surface area contributed by atoms with Gasteiger partial charge in [-0.1, -0.05) is 18.5 Å². The van der Waals surface area contributed by atoms with Gasteiger partial charge >= 0.3 is 0 Å². The van der Waals surface area contributed by atoms with E-state index in [4.69, 9.17) is 11.6 Å². The van der Waals surface area contributed by atoms with Gasteiger partial charge in [0.1, 0.15) is 5.01 Å². The molecule has 0 fully saturated rings. The summed E-state index contributed by atoms with van der Waals surface area (Å²) in [6, 6.07) is 3.94. The molecule has 0 saturated carbocycles. The summed E-state index contributed by atoms with van der Waals surface area (Å²) in [5.41, 5.74) is 1.11. The Balaban J connectivity index is 2.02. The van der Waals surface area contributed by atoms with Gasteiger partial charge in [0.25, 0.3) is 0 Å². The summed E-state index contributed by atoms with van der Waals surface area (Å²) in [5, 5.41) is 6.51. The average Bonchev–Trinajstić information content (AvgIpc) is 2.87. The standard InChI is InChI=1S/C11H13ClN2S2/c1-2-5-13-6-8-7-15-11(14-8)9-3-4-10(12)16-9/h3-4,7,13H,2,5-6H2,1H3. The Morgan fingerprint density at radius 2 is 2.31 bits per heavy atom. The first-order valence-corrected chi connectivity index (χ1v) is 7.28. The van der Waals surface area contributed by atoms with Crippen molar-refractivity contribution in [1.29, 1.82) is 0 Å². The lowest BCUT2D eigenvalue weighted by molar-refractivity contribution is 0.667. The maximum absolute atomic E-state index is 5.90. The molecule has 2 nitrogen and oxygen atoms in total. The van der Waals surface area contributed by atoms with Crippen molar-refractivity contribution in [3.8, 4) is 9.88 Å². The molecule has 2 rings (SSSR count). The molecule has 16 heavy (non-hydrogen) atoms. The van der Waals surface area contributed by atoms with Crippen LogP contribution in [-0.4, -0.2) is 11.5 Å². The monoisotopic (exact) mass is 272 g/mol. The zero-order chi connectivity index (χ0) is 11.4. The molecule has 0 amide bonds. The van der Waals surface area contributed by atoms with Gasteiger partial charge in [-0.15, -0.1) is 22.7 Å². The number of nitrogens with zero attached hydrogens (tertiary/aromatic N) is 1. The lowest BCUT2D eigenvalue weighted by Crippen LogP contribution is -2.13. The van der Waals surface area contributed by atoms with E-state index in [9.17, 15) is 0 Å². The third-order valence-electron chi connectivity index (χ3n) is 2.07. The van der Waals surface area contributed by atoms with E-state index in [2.05, 4.69) is 22.6 Å². The van der Waals surface area contributed by atoms with Crippen LogP contribution in [0.5, 0.6) is 0 Å². The average molecular weight is 273 g/mol. The molecule has 0 atom stereocenters. The molecule has 2 aromatic heterocycles. The highest BCUT2D eigenvalue weighted by molar-refractivity contribution is 7.23. The summed E-state index contributed by atoms with van der Waals surface area (Å²) in [5.74, 6) is 0. The Labute approximate surface area is 108 Å². The van der Waals surface area contributed by atoms with Crippen molar-refractivity contribution in [2.24, 2.45) is 0 Å². The fraction of sp³-hybridized carbons (Fsp3) is 0.364. The number of aromatic nitrogens is 1. The zero-order valence-electron chi connectivity index (χ0n) is 9.00. The molecule has 1 N–H and O–H groups in total. The maximum atomic E-state index is 5.90. The zero-order valence-corrected chi connectivity index (χ0v) is 11.4.